The van der Waals surface area contributed by atoms with Crippen molar-refractivity contribution >= 4 is 11.9 Å². The summed E-state index contributed by atoms with van der Waals surface area (Å²) in [6, 6.07) is 10.0. The van der Waals surface area contributed by atoms with Crippen molar-refractivity contribution in [2.75, 3.05) is 6.61 Å². The van der Waals surface area contributed by atoms with E-state index in [0.717, 1.165) is 6.07 Å². The highest BCUT2D eigenvalue weighted by molar-refractivity contribution is 6.08. The number of hydrogen-bond acceptors (Lipinski definition) is 9. The molecule has 9 nitrogen and oxygen atoms in total. The lowest BCUT2D eigenvalue weighted by Crippen LogP contribution is -2.60. The van der Waals surface area contributed by atoms with Crippen molar-refractivity contribution in [3.8, 4) is 17.2 Å². The van der Waals surface area contributed by atoms with Gasteiger partial charge in [-0.15, -0.1) is 0 Å². The van der Waals surface area contributed by atoms with Crippen molar-refractivity contribution in [3.05, 3.63) is 59.7 Å². The zero-order valence-corrected chi connectivity index (χ0v) is 15.7. The molecule has 0 bridgehead atoms. The highest BCUT2D eigenvalue weighted by Crippen LogP contribution is 2.28. The molecule has 0 unspecified atom stereocenters. The molecule has 1 fully saturated rings. The molecule has 6 N–H and O–H groups in total. The van der Waals surface area contributed by atoms with E-state index in [1.807, 2.05) is 0 Å². The summed E-state index contributed by atoms with van der Waals surface area (Å²) < 4.78 is 10.6. The van der Waals surface area contributed by atoms with Crippen LogP contribution >= 0.6 is 0 Å². The van der Waals surface area contributed by atoms with Gasteiger partial charge in [0.25, 0.3) is 0 Å². The molecule has 0 spiro atoms. The number of phenolic OH excluding ortho intramolecular Hbond substituents is 2. The third kappa shape index (κ3) is 4.78. The van der Waals surface area contributed by atoms with Crippen LogP contribution in [0.25, 0.3) is 6.08 Å². The Morgan fingerprint density at radius 3 is 2.33 bits per heavy atom. The topological polar surface area (TPSA) is 157 Å². The number of allylic oxidation sites excluding steroid dienone is 1. The Morgan fingerprint density at radius 1 is 1.00 bits per heavy atom. The number of ether oxygens (including phenoxy) is 2. The van der Waals surface area contributed by atoms with Crippen LogP contribution < -0.4 is 4.74 Å². The minimum Gasteiger partial charge on any atom is -0.508 e. The average molecular weight is 418 g/mol. The minimum atomic E-state index is -1.60. The molecule has 2 aromatic carbocycles. The molecule has 0 aliphatic carbocycles. The number of aromatic hydroxyl groups is 2. The summed E-state index contributed by atoms with van der Waals surface area (Å²) >= 11 is 0. The van der Waals surface area contributed by atoms with Crippen LogP contribution in [0.5, 0.6) is 17.2 Å². The van der Waals surface area contributed by atoms with Gasteiger partial charge < -0.3 is 40.1 Å². The van der Waals surface area contributed by atoms with Crippen LogP contribution in [0.4, 0.5) is 0 Å². The summed E-state index contributed by atoms with van der Waals surface area (Å²) in [6.45, 7) is -0.600. The Labute approximate surface area is 171 Å². The van der Waals surface area contributed by atoms with Gasteiger partial charge >= 0.3 is 0 Å². The monoisotopic (exact) mass is 418 g/mol. The average Bonchev–Trinajstić information content (AvgIpc) is 2.73. The van der Waals surface area contributed by atoms with Gasteiger partial charge in [-0.3, -0.25) is 4.79 Å². The maximum absolute atomic E-state index is 12.3. The van der Waals surface area contributed by atoms with Crippen molar-refractivity contribution in [1.82, 2.24) is 0 Å². The van der Waals surface area contributed by atoms with E-state index >= 15 is 0 Å². The molecule has 1 aliphatic heterocycles. The molecule has 160 valence electrons. The molecule has 1 saturated heterocycles. The predicted octanol–water partition coefficient (Wildman–Crippen LogP) is 0.173. The van der Waals surface area contributed by atoms with E-state index < -0.39 is 43.1 Å². The summed E-state index contributed by atoms with van der Waals surface area (Å²) in [5.74, 6) is -0.709. The number of rotatable bonds is 6. The molecule has 2 aromatic rings. The fourth-order valence-corrected chi connectivity index (χ4v) is 2.94. The molecular weight excluding hydrogens is 396 g/mol. The predicted molar refractivity (Wildman–Crippen MR) is 104 cm³/mol. The van der Waals surface area contributed by atoms with E-state index in [1.54, 1.807) is 12.1 Å². The molecule has 0 aromatic heterocycles. The van der Waals surface area contributed by atoms with E-state index in [0.29, 0.717) is 5.56 Å². The van der Waals surface area contributed by atoms with Gasteiger partial charge in [-0.2, -0.15) is 0 Å². The third-order valence-corrected chi connectivity index (χ3v) is 4.66. The molecule has 1 heterocycles. The lowest BCUT2D eigenvalue weighted by Gasteiger charge is -2.39. The maximum Gasteiger partial charge on any atom is 0.229 e. The number of carbonyl (C=O) groups is 1. The fraction of sp³-hybridized carbons (Fsp3) is 0.286. The third-order valence-electron chi connectivity index (χ3n) is 4.66. The second kappa shape index (κ2) is 9.24. The van der Waals surface area contributed by atoms with Gasteiger partial charge in [0.05, 0.1) is 12.2 Å². The SMILES string of the molecule is O=C(/C=C/c1ccc(O)cc1)c1ccc(O[C@@H]2O[C@H](CO)[C@@H](O)[C@H](O)[C@H]2O)cc1O. The van der Waals surface area contributed by atoms with Crippen LogP contribution in [0.3, 0.4) is 0 Å². The smallest absolute Gasteiger partial charge is 0.229 e. The Balaban J connectivity index is 1.70. The second-order valence-corrected chi connectivity index (χ2v) is 6.78. The summed E-state index contributed by atoms with van der Waals surface area (Å²) in [5, 5.41) is 58.2. The van der Waals surface area contributed by atoms with Crippen LogP contribution in [0.15, 0.2) is 48.5 Å². The quantitative estimate of drug-likeness (QED) is 0.284. The molecule has 0 saturated carbocycles. The summed E-state index contributed by atoms with van der Waals surface area (Å²) in [4.78, 5) is 12.3. The molecular formula is C21H22O9. The number of ketones is 1. The number of hydrogen-bond donors (Lipinski definition) is 6. The van der Waals surface area contributed by atoms with Crippen LogP contribution in [0.1, 0.15) is 15.9 Å². The van der Waals surface area contributed by atoms with Crippen molar-refractivity contribution in [3.63, 3.8) is 0 Å². The Hall–Kier alpha value is -2.95. The number of benzene rings is 2. The summed E-state index contributed by atoms with van der Waals surface area (Å²) in [6.07, 6.45) is -4.46. The molecule has 5 atom stereocenters. The largest absolute Gasteiger partial charge is 0.508 e. The number of aliphatic hydroxyl groups is 4. The van der Waals surface area contributed by atoms with Gasteiger partial charge in [-0.1, -0.05) is 18.2 Å². The van der Waals surface area contributed by atoms with Crippen LogP contribution in [0, 0.1) is 0 Å². The highest BCUT2D eigenvalue weighted by Gasteiger charge is 2.44. The first-order valence-electron chi connectivity index (χ1n) is 9.12. The van der Waals surface area contributed by atoms with Gasteiger partial charge in [-0.05, 0) is 35.9 Å². The number of carbonyl (C=O) groups excluding carboxylic acids is 1. The lowest BCUT2D eigenvalue weighted by molar-refractivity contribution is -0.277. The molecule has 1 aliphatic rings. The molecule has 9 heteroatoms. The molecule has 3 rings (SSSR count). The van der Waals surface area contributed by atoms with Gasteiger partial charge in [0, 0.05) is 6.07 Å². The molecule has 30 heavy (non-hydrogen) atoms. The fourth-order valence-electron chi connectivity index (χ4n) is 2.94. The van der Waals surface area contributed by atoms with E-state index in [1.165, 1.54) is 36.4 Å². The highest BCUT2D eigenvalue weighted by atomic mass is 16.7. The molecule has 0 radical (unpaired) electrons. The number of phenols is 2. The molecule has 0 amide bonds. The first-order chi connectivity index (χ1) is 14.3. The van der Waals surface area contributed by atoms with Gasteiger partial charge in [0.2, 0.25) is 6.29 Å². The van der Waals surface area contributed by atoms with Crippen LogP contribution in [0.2, 0.25) is 0 Å². The lowest BCUT2D eigenvalue weighted by atomic mass is 9.99. The minimum absolute atomic E-state index is 0.00572. The van der Waals surface area contributed by atoms with Crippen LogP contribution in [-0.4, -0.2) is 73.7 Å². The summed E-state index contributed by atoms with van der Waals surface area (Å²) in [7, 11) is 0. The van der Waals surface area contributed by atoms with Crippen LogP contribution in [-0.2, 0) is 4.74 Å². The van der Waals surface area contributed by atoms with Gasteiger partial charge in [-0.25, -0.2) is 0 Å². The van der Waals surface area contributed by atoms with Gasteiger partial charge in [0.1, 0.15) is 41.7 Å². The second-order valence-electron chi connectivity index (χ2n) is 6.78. The Bertz CT molecular complexity index is 907. The van der Waals surface area contributed by atoms with Crippen molar-refractivity contribution in [2.24, 2.45) is 0 Å². The van der Waals surface area contributed by atoms with E-state index in [2.05, 4.69) is 0 Å². The van der Waals surface area contributed by atoms with Crippen molar-refractivity contribution in [2.45, 2.75) is 30.7 Å². The van der Waals surface area contributed by atoms with Crippen molar-refractivity contribution < 1.29 is 44.9 Å². The zero-order valence-electron chi connectivity index (χ0n) is 15.7. The number of aliphatic hydroxyl groups excluding tert-OH is 4. The van der Waals surface area contributed by atoms with Crippen molar-refractivity contribution in [1.29, 1.82) is 0 Å². The zero-order chi connectivity index (χ0) is 21.8. The van der Waals surface area contributed by atoms with Gasteiger partial charge in [0.15, 0.2) is 5.78 Å². The Kier molecular flexibility index (Phi) is 6.70. The van der Waals surface area contributed by atoms with E-state index in [4.69, 9.17) is 9.47 Å². The first kappa shape index (κ1) is 21.8. The van der Waals surface area contributed by atoms with E-state index in [9.17, 15) is 35.4 Å². The first-order valence-corrected chi connectivity index (χ1v) is 9.12. The standard InChI is InChI=1S/C21H22O9/c22-10-17-18(26)19(27)20(28)21(30-17)29-13-6-7-14(16(25)9-13)15(24)8-3-11-1-4-12(23)5-2-11/h1-9,17-23,25-28H,10H2/b8-3+/t17-,18-,19+,20-,21-/m1/s1. The summed E-state index contributed by atoms with van der Waals surface area (Å²) in [5.41, 5.74) is 0.689. The normalized spacial score (nSPS) is 26.6. The Morgan fingerprint density at radius 2 is 1.70 bits per heavy atom. The van der Waals surface area contributed by atoms with E-state index in [-0.39, 0.29) is 22.8 Å². The maximum atomic E-state index is 12.3.